The average molecular weight is 480 g/mol. The molecule has 0 unspecified atom stereocenters. The van der Waals surface area contributed by atoms with Gasteiger partial charge in [0.25, 0.3) is 0 Å². The number of benzene rings is 2. The SMILES string of the molecule is CC(C)CN(CCc1ccccc1)S(=O)(=O)c1ccc(N2CCN(S(C)(=O)=O)CC2)cc1. The van der Waals surface area contributed by atoms with Gasteiger partial charge in [-0.3, -0.25) is 0 Å². The molecular formula is C23H33N3O4S2. The van der Waals surface area contributed by atoms with Crippen molar-refractivity contribution < 1.29 is 16.8 Å². The summed E-state index contributed by atoms with van der Waals surface area (Å²) in [5.74, 6) is 0.214. The lowest BCUT2D eigenvalue weighted by molar-refractivity contribution is 0.370. The van der Waals surface area contributed by atoms with Crippen molar-refractivity contribution in [3.8, 4) is 0 Å². The minimum atomic E-state index is -3.61. The Morgan fingerprint density at radius 3 is 2.00 bits per heavy atom. The minimum absolute atomic E-state index is 0.214. The Hall–Kier alpha value is -1.94. The standard InChI is InChI=1S/C23H33N3O4S2/c1-20(2)19-26(14-13-21-7-5-4-6-8-21)32(29,30)23-11-9-22(10-12-23)24-15-17-25(18-16-24)31(3,27)28/h4-12,20H,13-19H2,1-3H3. The third kappa shape index (κ3) is 6.31. The Morgan fingerprint density at radius 2 is 1.47 bits per heavy atom. The predicted octanol–water partition coefficient (Wildman–Crippen LogP) is 2.66. The van der Waals surface area contributed by atoms with Gasteiger partial charge in [0.05, 0.1) is 11.2 Å². The summed E-state index contributed by atoms with van der Waals surface area (Å²) in [6, 6.07) is 16.8. The highest BCUT2D eigenvalue weighted by Crippen LogP contribution is 2.23. The number of hydrogen-bond donors (Lipinski definition) is 0. The van der Waals surface area contributed by atoms with E-state index in [1.807, 2.05) is 56.3 Å². The molecule has 1 heterocycles. The van der Waals surface area contributed by atoms with Crippen molar-refractivity contribution in [3.63, 3.8) is 0 Å². The first-order valence-electron chi connectivity index (χ1n) is 10.9. The number of piperazine rings is 1. The van der Waals surface area contributed by atoms with Crippen molar-refractivity contribution in [3.05, 3.63) is 60.2 Å². The molecule has 176 valence electrons. The second-order valence-corrected chi connectivity index (χ2v) is 12.6. The van der Waals surface area contributed by atoms with Crippen LogP contribution in [0.1, 0.15) is 19.4 Å². The molecule has 0 atom stereocenters. The summed E-state index contributed by atoms with van der Waals surface area (Å²) < 4.78 is 53.2. The van der Waals surface area contributed by atoms with Gasteiger partial charge in [-0.15, -0.1) is 0 Å². The molecule has 0 saturated carbocycles. The Morgan fingerprint density at radius 1 is 0.875 bits per heavy atom. The lowest BCUT2D eigenvalue weighted by Gasteiger charge is -2.34. The van der Waals surface area contributed by atoms with E-state index in [1.165, 1.54) is 10.6 Å². The lowest BCUT2D eigenvalue weighted by Crippen LogP contribution is -2.48. The Kier molecular flexibility index (Phi) is 7.97. The first-order valence-corrected chi connectivity index (χ1v) is 14.2. The molecule has 0 aliphatic carbocycles. The molecule has 32 heavy (non-hydrogen) atoms. The van der Waals surface area contributed by atoms with Gasteiger partial charge < -0.3 is 4.90 Å². The maximum atomic E-state index is 13.4. The van der Waals surface area contributed by atoms with Crippen molar-refractivity contribution >= 4 is 25.7 Å². The van der Waals surface area contributed by atoms with Crippen LogP contribution in [-0.4, -0.2) is 71.0 Å². The molecule has 9 heteroatoms. The molecule has 1 aliphatic rings. The summed E-state index contributed by atoms with van der Waals surface area (Å²) in [4.78, 5) is 2.36. The number of nitrogens with zero attached hydrogens (tertiary/aromatic N) is 3. The van der Waals surface area contributed by atoms with Crippen LogP contribution in [0.2, 0.25) is 0 Å². The zero-order valence-electron chi connectivity index (χ0n) is 19.0. The molecule has 1 aliphatic heterocycles. The molecule has 0 spiro atoms. The van der Waals surface area contributed by atoms with E-state index >= 15 is 0 Å². The first kappa shape index (κ1) is 24.7. The van der Waals surface area contributed by atoms with Gasteiger partial charge in [0, 0.05) is 45.0 Å². The van der Waals surface area contributed by atoms with Crippen LogP contribution < -0.4 is 4.90 Å². The quantitative estimate of drug-likeness (QED) is 0.553. The van der Waals surface area contributed by atoms with Crippen molar-refractivity contribution in [1.82, 2.24) is 8.61 Å². The van der Waals surface area contributed by atoms with Crippen molar-refractivity contribution in [2.45, 2.75) is 25.2 Å². The smallest absolute Gasteiger partial charge is 0.243 e. The van der Waals surface area contributed by atoms with Crippen LogP contribution in [0.3, 0.4) is 0 Å². The first-order chi connectivity index (χ1) is 15.1. The van der Waals surface area contributed by atoms with Crippen LogP contribution in [0.5, 0.6) is 0 Å². The topological polar surface area (TPSA) is 78.0 Å². The van der Waals surface area contributed by atoms with E-state index in [-0.39, 0.29) is 10.8 Å². The van der Waals surface area contributed by atoms with Crippen LogP contribution in [0, 0.1) is 5.92 Å². The molecule has 0 amide bonds. The molecule has 1 fully saturated rings. The molecule has 0 radical (unpaired) electrons. The monoisotopic (exact) mass is 479 g/mol. The Bertz CT molecular complexity index is 1080. The van der Waals surface area contributed by atoms with Crippen LogP contribution in [-0.2, 0) is 26.5 Å². The summed E-state index contributed by atoms with van der Waals surface area (Å²) in [7, 11) is -6.80. The van der Waals surface area contributed by atoms with Gasteiger partial charge in [0.2, 0.25) is 20.0 Å². The van der Waals surface area contributed by atoms with Gasteiger partial charge in [0.1, 0.15) is 0 Å². The summed E-state index contributed by atoms with van der Waals surface area (Å²) in [5, 5.41) is 0. The summed E-state index contributed by atoms with van der Waals surface area (Å²) in [5.41, 5.74) is 2.01. The van der Waals surface area contributed by atoms with Crippen LogP contribution in [0.15, 0.2) is 59.5 Å². The highest BCUT2D eigenvalue weighted by atomic mass is 32.2. The third-order valence-electron chi connectivity index (χ3n) is 5.61. The van der Waals surface area contributed by atoms with Gasteiger partial charge in [-0.1, -0.05) is 44.2 Å². The molecule has 1 saturated heterocycles. The van der Waals surface area contributed by atoms with Gasteiger partial charge in [-0.25, -0.2) is 16.8 Å². The van der Waals surface area contributed by atoms with E-state index in [1.54, 1.807) is 16.4 Å². The molecule has 0 N–H and O–H groups in total. The predicted molar refractivity (Wildman–Crippen MR) is 129 cm³/mol. The third-order valence-corrected chi connectivity index (χ3v) is 8.79. The second-order valence-electron chi connectivity index (χ2n) is 8.64. The fourth-order valence-corrected chi connectivity index (χ4v) is 6.30. The van der Waals surface area contributed by atoms with E-state index in [0.29, 0.717) is 45.7 Å². The molecule has 7 nitrogen and oxygen atoms in total. The van der Waals surface area contributed by atoms with Gasteiger partial charge in [0.15, 0.2) is 0 Å². The average Bonchev–Trinajstić information content (AvgIpc) is 2.76. The van der Waals surface area contributed by atoms with Crippen molar-refractivity contribution in [2.75, 3.05) is 50.4 Å². The molecular weight excluding hydrogens is 446 g/mol. The molecule has 2 aromatic carbocycles. The summed E-state index contributed by atoms with van der Waals surface area (Å²) >= 11 is 0. The van der Waals surface area contributed by atoms with E-state index in [0.717, 1.165) is 11.3 Å². The normalized spacial score (nSPS) is 16.1. The summed E-state index contributed by atoms with van der Waals surface area (Å²) in [6.07, 6.45) is 1.89. The number of sulfonamides is 2. The van der Waals surface area contributed by atoms with E-state index in [2.05, 4.69) is 4.90 Å². The van der Waals surface area contributed by atoms with Gasteiger partial charge in [-0.05, 0) is 42.2 Å². The highest BCUT2D eigenvalue weighted by Gasteiger charge is 2.26. The fourth-order valence-electron chi connectivity index (χ4n) is 3.87. The summed E-state index contributed by atoms with van der Waals surface area (Å²) in [6.45, 7) is 6.95. The Labute approximate surface area is 192 Å². The maximum Gasteiger partial charge on any atom is 0.243 e. The highest BCUT2D eigenvalue weighted by molar-refractivity contribution is 7.89. The van der Waals surface area contributed by atoms with Crippen LogP contribution in [0.4, 0.5) is 5.69 Å². The zero-order valence-corrected chi connectivity index (χ0v) is 20.6. The fraction of sp³-hybridized carbons (Fsp3) is 0.478. The van der Waals surface area contributed by atoms with E-state index in [9.17, 15) is 16.8 Å². The maximum absolute atomic E-state index is 13.4. The van der Waals surface area contributed by atoms with Gasteiger partial charge >= 0.3 is 0 Å². The van der Waals surface area contributed by atoms with Gasteiger partial charge in [-0.2, -0.15) is 8.61 Å². The van der Waals surface area contributed by atoms with Crippen LogP contribution >= 0.6 is 0 Å². The molecule has 0 bridgehead atoms. The van der Waals surface area contributed by atoms with E-state index < -0.39 is 20.0 Å². The lowest BCUT2D eigenvalue weighted by atomic mass is 10.1. The molecule has 2 aromatic rings. The zero-order chi connectivity index (χ0) is 23.4. The minimum Gasteiger partial charge on any atom is -0.369 e. The van der Waals surface area contributed by atoms with Crippen molar-refractivity contribution in [2.24, 2.45) is 5.92 Å². The van der Waals surface area contributed by atoms with Crippen LogP contribution in [0.25, 0.3) is 0 Å². The number of hydrogen-bond acceptors (Lipinski definition) is 5. The Balaban J connectivity index is 1.71. The largest absolute Gasteiger partial charge is 0.369 e. The number of rotatable bonds is 9. The van der Waals surface area contributed by atoms with E-state index in [4.69, 9.17) is 0 Å². The second kappa shape index (κ2) is 10.3. The van der Waals surface area contributed by atoms with Crippen molar-refractivity contribution in [1.29, 1.82) is 0 Å². The molecule has 0 aromatic heterocycles. The number of anilines is 1. The molecule has 3 rings (SSSR count).